The van der Waals surface area contributed by atoms with Crippen molar-refractivity contribution in [1.82, 2.24) is 19.9 Å². The molecule has 2 rings (SSSR count). The van der Waals surface area contributed by atoms with E-state index in [1.54, 1.807) is 17.8 Å². The first kappa shape index (κ1) is 13.5. The van der Waals surface area contributed by atoms with Crippen LogP contribution in [0.3, 0.4) is 0 Å². The second-order valence-corrected chi connectivity index (χ2v) is 5.12. The summed E-state index contributed by atoms with van der Waals surface area (Å²) in [5, 5.41) is 17.3. The summed E-state index contributed by atoms with van der Waals surface area (Å²) in [4.78, 5) is 2.40. The molecule has 2 unspecified atom stereocenters. The smallest absolute Gasteiger partial charge is 0.111 e. The minimum absolute atomic E-state index is 0.143. The van der Waals surface area contributed by atoms with Gasteiger partial charge in [0.25, 0.3) is 0 Å². The maximum Gasteiger partial charge on any atom is 0.111 e. The first-order valence-corrected chi connectivity index (χ1v) is 6.50. The van der Waals surface area contributed by atoms with E-state index < -0.39 is 6.10 Å². The molecule has 1 fully saturated rings. The molecule has 1 aliphatic rings. The standard InChI is InChI=1S/C12H22N4O2/c1-9(2)15-4-5-18-11(6-15)7-16-8-12(10(3)17)13-14-16/h8-11,17H,4-7H2,1-3H3. The number of ether oxygens (including phenoxy) is 1. The van der Waals surface area contributed by atoms with Crippen molar-refractivity contribution in [3.8, 4) is 0 Å². The number of aliphatic hydroxyl groups excluding tert-OH is 1. The zero-order valence-electron chi connectivity index (χ0n) is 11.3. The number of aliphatic hydroxyl groups is 1. The molecule has 2 heterocycles. The van der Waals surface area contributed by atoms with Crippen LogP contribution in [-0.2, 0) is 11.3 Å². The van der Waals surface area contributed by atoms with Crippen molar-refractivity contribution in [2.24, 2.45) is 0 Å². The molecule has 0 saturated carbocycles. The summed E-state index contributed by atoms with van der Waals surface area (Å²) in [6, 6.07) is 0.542. The summed E-state index contributed by atoms with van der Waals surface area (Å²) in [6.07, 6.45) is 1.35. The molecule has 6 heteroatoms. The summed E-state index contributed by atoms with van der Waals surface area (Å²) in [7, 11) is 0. The third-order valence-corrected chi connectivity index (χ3v) is 3.28. The van der Waals surface area contributed by atoms with Gasteiger partial charge in [-0.1, -0.05) is 5.21 Å². The molecule has 18 heavy (non-hydrogen) atoms. The van der Waals surface area contributed by atoms with E-state index in [9.17, 15) is 5.11 Å². The molecule has 0 aliphatic carbocycles. The molecule has 1 aromatic rings. The molecule has 1 saturated heterocycles. The van der Waals surface area contributed by atoms with E-state index >= 15 is 0 Å². The van der Waals surface area contributed by atoms with Gasteiger partial charge in [0.1, 0.15) is 5.69 Å². The second kappa shape index (κ2) is 5.77. The van der Waals surface area contributed by atoms with E-state index in [0.717, 1.165) is 19.7 Å². The van der Waals surface area contributed by atoms with Crippen molar-refractivity contribution < 1.29 is 9.84 Å². The van der Waals surface area contributed by atoms with E-state index in [-0.39, 0.29) is 6.10 Å². The summed E-state index contributed by atoms with van der Waals surface area (Å²) in [5.74, 6) is 0. The van der Waals surface area contributed by atoms with Crippen molar-refractivity contribution in [1.29, 1.82) is 0 Å². The molecular weight excluding hydrogens is 232 g/mol. The summed E-state index contributed by atoms with van der Waals surface area (Å²) >= 11 is 0. The topological polar surface area (TPSA) is 63.4 Å². The zero-order chi connectivity index (χ0) is 13.1. The Morgan fingerprint density at radius 2 is 2.28 bits per heavy atom. The van der Waals surface area contributed by atoms with Gasteiger partial charge in [-0.25, -0.2) is 4.68 Å². The van der Waals surface area contributed by atoms with Crippen LogP contribution in [0, 0.1) is 0 Å². The van der Waals surface area contributed by atoms with Crippen molar-refractivity contribution in [2.45, 2.75) is 45.6 Å². The average Bonchev–Trinajstić information content (AvgIpc) is 2.78. The van der Waals surface area contributed by atoms with Crippen LogP contribution >= 0.6 is 0 Å². The minimum atomic E-state index is -0.571. The number of nitrogens with zero attached hydrogens (tertiary/aromatic N) is 4. The first-order valence-electron chi connectivity index (χ1n) is 6.50. The third kappa shape index (κ3) is 3.28. The summed E-state index contributed by atoms with van der Waals surface area (Å²) in [5.41, 5.74) is 0.603. The second-order valence-electron chi connectivity index (χ2n) is 5.12. The SMILES string of the molecule is CC(O)c1cn(CC2CN(C(C)C)CCO2)nn1. The van der Waals surface area contributed by atoms with E-state index in [0.29, 0.717) is 18.3 Å². The van der Waals surface area contributed by atoms with Crippen LogP contribution in [0.15, 0.2) is 6.20 Å². The fourth-order valence-electron chi connectivity index (χ4n) is 2.12. The molecule has 1 N–H and O–H groups in total. The molecule has 1 aliphatic heterocycles. The van der Waals surface area contributed by atoms with Gasteiger partial charge in [0.05, 0.1) is 31.6 Å². The number of hydrogen-bond acceptors (Lipinski definition) is 5. The van der Waals surface area contributed by atoms with E-state index in [1.165, 1.54) is 0 Å². The van der Waals surface area contributed by atoms with Gasteiger partial charge in [-0.3, -0.25) is 4.90 Å². The van der Waals surface area contributed by atoms with Gasteiger partial charge in [-0.15, -0.1) is 5.10 Å². The Hall–Kier alpha value is -0.980. The Bertz CT molecular complexity index is 378. The molecule has 0 bridgehead atoms. The molecule has 0 amide bonds. The molecule has 0 aromatic carbocycles. The highest BCUT2D eigenvalue weighted by Gasteiger charge is 2.23. The largest absolute Gasteiger partial charge is 0.387 e. The normalized spacial score (nSPS) is 23.5. The van der Waals surface area contributed by atoms with Crippen molar-refractivity contribution in [3.05, 3.63) is 11.9 Å². The highest BCUT2D eigenvalue weighted by Crippen LogP contribution is 2.12. The van der Waals surface area contributed by atoms with Gasteiger partial charge >= 0.3 is 0 Å². The van der Waals surface area contributed by atoms with E-state index in [1.807, 2.05) is 0 Å². The molecule has 0 radical (unpaired) electrons. The predicted molar refractivity (Wildman–Crippen MR) is 67.1 cm³/mol. The summed E-state index contributed by atoms with van der Waals surface area (Å²) in [6.45, 7) is 9.44. The number of rotatable bonds is 4. The lowest BCUT2D eigenvalue weighted by Gasteiger charge is -2.35. The van der Waals surface area contributed by atoms with Crippen molar-refractivity contribution >= 4 is 0 Å². The van der Waals surface area contributed by atoms with Gasteiger partial charge in [0.15, 0.2) is 0 Å². The Morgan fingerprint density at radius 3 is 2.89 bits per heavy atom. The fraction of sp³-hybridized carbons (Fsp3) is 0.833. The molecule has 2 atom stereocenters. The Morgan fingerprint density at radius 1 is 1.50 bits per heavy atom. The minimum Gasteiger partial charge on any atom is -0.387 e. The predicted octanol–water partition coefficient (Wildman–Crippen LogP) is 0.441. The van der Waals surface area contributed by atoms with Crippen LogP contribution in [0.1, 0.15) is 32.6 Å². The van der Waals surface area contributed by atoms with E-state index in [4.69, 9.17) is 4.74 Å². The molecule has 102 valence electrons. The first-order chi connectivity index (χ1) is 8.56. The van der Waals surface area contributed by atoms with E-state index in [2.05, 4.69) is 29.1 Å². The fourth-order valence-corrected chi connectivity index (χ4v) is 2.12. The lowest BCUT2D eigenvalue weighted by Crippen LogP contribution is -2.47. The van der Waals surface area contributed by atoms with Gasteiger partial charge in [0, 0.05) is 19.1 Å². The molecule has 6 nitrogen and oxygen atoms in total. The number of hydrogen-bond donors (Lipinski definition) is 1. The Kier molecular flexibility index (Phi) is 4.31. The third-order valence-electron chi connectivity index (χ3n) is 3.28. The molecule has 1 aromatic heterocycles. The van der Waals surface area contributed by atoms with Crippen LogP contribution in [0.4, 0.5) is 0 Å². The Labute approximate surface area is 108 Å². The van der Waals surface area contributed by atoms with Gasteiger partial charge in [-0.2, -0.15) is 0 Å². The maximum atomic E-state index is 9.40. The quantitative estimate of drug-likeness (QED) is 0.844. The van der Waals surface area contributed by atoms with Gasteiger partial charge in [-0.05, 0) is 20.8 Å². The lowest BCUT2D eigenvalue weighted by molar-refractivity contribution is -0.0471. The molecule has 0 spiro atoms. The lowest BCUT2D eigenvalue weighted by atomic mass is 10.2. The zero-order valence-corrected chi connectivity index (χ0v) is 11.3. The highest BCUT2D eigenvalue weighted by molar-refractivity contribution is 4.95. The van der Waals surface area contributed by atoms with Crippen LogP contribution in [-0.4, -0.2) is 56.8 Å². The highest BCUT2D eigenvalue weighted by atomic mass is 16.5. The maximum absolute atomic E-state index is 9.40. The molecular formula is C12H22N4O2. The average molecular weight is 254 g/mol. The van der Waals surface area contributed by atoms with Crippen molar-refractivity contribution in [2.75, 3.05) is 19.7 Å². The number of morpholine rings is 1. The summed E-state index contributed by atoms with van der Waals surface area (Å²) < 4.78 is 7.49. The van der Waals surface area contributed by atoms with Crippen LogP contribution in [0.5, 0.6) is 0 Å². The van der Waals surface area contributed by atoms with Gasteiger partial charge in [0.2, 0.25) is 0 Å². The Balaban J connectivity index is 1.92. The van der Waals surface area contributed by atoms with Crippen LogP contribution < -0.4 is 0 Å². The number of aromatic nitrogens is 3. The monoisotopic (exact) mass is 254 g/mol. The van der Waals surface area contributed by atoms with Gasteiger partial charge < -0.3 is 9.84 Å². The van der Waals surface area contributed by atoms with Crippen molar-refractivity contribution in [3.63, 3.8) is 0 Å². The van der Waals surface area contributed by atoms with Crippen LogP contribution in [0.25, 0.3) is 0 Å². The van der Waals surface area contributed by atoms with Crippen LogP contribution in [0.2, 0.25) is 0 Å².